The lowest BCUT2D eigenvalue weighted by molar-refractivity contribution is -0.133. The monoisotopic (exact) mass is 365 g/mol. The third kappa shape index (κ3) is 4.27. The molecule has 2 aliphatic heterocycles. The molecule has 0 saturated carbocycles. The Hall–Kier alpha value is -1.30. The summed E-state index contributed by atoms with van der Waals surface area (Å²) in [6.07, 6.45) is 1.00. The largest absolute Gasteiger partial charge is 0.391 e. The maximum absolute atomic E-state index is 12.5. The van der Waals surface area contributed by atoms with Crippen molar-refractivity contribution in [2.45, 2.75) is 25.9 Å². The van der Waals surface area contributed by atoms with Crippen LogP contribution in [0.15, 0.2) is 18.2 Å². The lowest BCUT2D eigenvalue weighted by Crippen LogP contribution is -2.49. The zero-order valence-electron chi connectivity index (χ0n) is 15.1. The van der Waals surface area contributed by atoms with Gasteiger partial charge in [-0.1, -0.05) is 24.6 Å². The summed E-state index contributed by atoms with van der Waals surface area (Å²) in [7, 11) is 1.99. The molecule has 5 nitrogen and oxygen atoms in total. The van der Waals surface area contributed by atoms with E-state index in [0.717, 1.165) is 49.9 Å². The molecule has 2 saturated heterocycles. The third-order valence-electron chi connectivity index (χ3n) is 5.44. The predicted molar refractivity (Wildman–Crippen MR) is 101 cm³/mol. The molecule has 2 heterocycles. The molecule has 2 atom stereocenters. The maximum atomic E-state index is 12.5. The molecule has 0 radical (unpaired) electrons. The van der Waals surface area contributed by atoms with Crippen LogP contribution < -0.4 is 4.90 Å². The van der Waals surface area contributed by atoms with E-state index in [1.54, 1.807) is 0 Å². The summed E-state index contributed by atoms with van der Waals surface area (Å²) in [5, 5.41) is 10.9. The maximum Gasteiger partial charge on any atom is 0.223 e. The van der Waals surface area contributed by atoms with Crippen molar-refractivity contribution < 1.29 is 9.90 Å². The van der Waals surface area contributed by atoms with E-state index in [-0.39, 0.29) is 17.9 Å². The molecule has 0 unspecified atom stereocenters. The van der Waals surface area contributed by atoms with Gasteiger partial charge in [0.1, 0.15) is 0 Å². The summed E-state index contributed by atoms with van der Waals surface area (Å²) < 4.78 is 0. The average Bonchev–Trinajstić information content (AvgIpc) is 2.92. The zero-order valence-corrected chi connectivity index (χ0v) is 15.9. The van der Waals surface area contributed by atoms with Crippen molar-refractivity contribution in [2.24, 2.45) is 5.92 Å². The van der Waals surface area contributed by atoms with Crippen molar-refractivity contribution in [2.75, 3.05) is 51.2 Å². The average molecular weight is 366 g/mol. The Bertz CT molecular complexity index is 617. The number of likely N-dealkylation sites (tertiary alicyclic amines) is 1. The number of nitrogens with zero attached hydrogens (tertiary/aromatic N) is 3. The smallest absolute Gasteiger partial charge is 0.223 e. The van der Waals surface area contributed by atoms with Gasteiger partial charge in [-0.15, -0.1) is 0 Å². The van der Waals surface area contributed by atoms with Gasteiger partial charge in [-0.3, -0.25) is 4.79 Å². The van der Waals surface area contributed by atoms with Crippen LogP contribution in [0.4, 0.5) is 5.69 Å². The topological polar surface area (TPSA) is 47.0 Å². The predicted octanol–water partition coefficient (Wildman–Crippen LogP) is 1.86. The fourth-order valence-corrected chi connectivity index (χ4v) is 4.16. The first kappa shape index (κ1) is 18.5. The van der Waals surface area contributed by atoms with Crippen LogP contribution in [-0.2, 0) is 11.2 Å². The molecule has 2 aliphatic rings. The van der Waals surface area contributed by atoms with Crippen molar-refractivity contribution in [1.82, 2.24) is 9.80 Å². The number of anilines is 1. The van der Waals surface area contributed by atoms with Crippen LogP contribution in [0.2, 0.25) is 5.02 Å². The highest BCUT2D eigenvalue weighted by molar-refractivity contribution is 6.31. The summed E-state index contributed by atoms with van der Waals surface area (Å²) in [5.41, 5.74) is 2.29. The highest BCUT2D eigenvalue weighted by atomic mass is 35.5. The van der Waals surface area contributed by atoms with E-state index in [4.69, 9.17) is 11.6 Å². The number of aliphatic hydroxyl groups is 1. The van der Waals surface area contributed by atoms with Crippen molar-refractivity contribution >= 4 is 23.2 Å². The first-order valence-electron chi connectivity index (χ1n) is 9.15. The Labute approximate surface area is 155 Å². The number of carbonyl (C=O) groups is 1. The molecule has 1 amide bonds. The van der Waals surface area contributed by atoms with E-state index < -0.39 is 0 Å². The highest BCUT2D eigenvalue weighted by Gasteiger charge is 2.32. The van der Waals surface area contributed by atoms with Crippen LogP contribution in [0.5, 0.6) is 0 Å². The summed E-state index contributed by atoms with van der Waals surface area (Å²) in [5.74, 6) is 0.231. The molecule has 1 N–H and O–H groups in total. The number of likely N-dealkylation sites (N-methyl/N-ethyl adjacent to an activating group) is 1. The SMILES string of the molecule is CCc1ccc(N2CCN(C(=O)C[C@@H]3CN(C)C[C@H]3O)CC2)cc1Cl. The van der Waals surface area contributed by atoms with Crippen molar-refractivity contribution in [3.05, 3.63) is 28.8 Å². The number of β-amino-alcohol motifs (C(OH)–C–C–N with tert-alkyl or cyclic N) is 1. The first-order chi connectivity index (χ1) is 12.0. The van der Waals surface area contributed by atoms with E-state index in [0.29, 0.717) is 13.0 Å². The van der Waals surface area contributed by atoms with E-state index in [1.807, 2.05) is 18.0 Å². The quantitative estimate of drug-likeness (QED) is 0.884. The van der Waals surface area contributed by atoms with E-state index in [2.05, 4.69) is 28.9 Å². The van der Waals surface area contributed by atoms with Crippen molar-refractivity contribution in [3.8, 4) is 0 Å². The normalized spacial score (nSPS) is 24.8. The van der Waals surface area contributed by atoms with Crippen LogP contribution in [0.1, 0.15) is 18.9 Å². The number of carbonyl (C=O) groups excluding carboxylic acids is 1. The number of aliphatic hydroxyl groups excluding tert-OH is 1. The Morgan fingerprint density at radius 1 is 1.24 bits per heavy atom. The van der Waals surface area contributed by atoms with Crippen LogP contribution in [0.25, 0.3) is 0 Å². The van der Waals surface area contributed by atoms with Crippen molar-refractivity contribution in [3.63, 3.8) is 0 Å². The summed E-state index contributed by atoms with van der Waals surface area (Å²) in [4.78, 5) is 18.9. The van der Waals surface area contributed by atoms with Gasteiger partial charge in [0.2, 0.25) is 5.91 Å². The number of halogens is 1. The molecule has 6 heteroatoms. The minimum absolute atomic E-state index is 0.0657. The van der Waals surface area contributed by atoms with Crippen LogP contribution in [0.3, 0.4) is 0 Å². The number of aryl methyl sites for hydroxylation is 1. The highest BCUT2D eigenvalue weighted by Crippen LogP contribution is 2.26. The van der Waals surface area contributed by atoms with Crippen molar-refractivity contribution in [1.29, 1.82) is 0 Å². The molecule has 0 aromatic heterocycles. The second kappa shape index (κ2) is 7.94. The van der Waals surface area contributed by atoms with E-state index in [9.17, 15) is 9.90 Å². The Balaban J connectivity index is 1.53. The van der Waals surface area contributed by atoms with Gasteiger partial charge in [-0.05, 0) is 31.2 Å². The number of piperazine rings is 1. The standard InChI is InChI=1S/C19H28ClN3O2/c1-3-14-4-5-16(11-17(14)20)22-6-8-23(9-7-22)19(25)10-15-12-21(2)13-18(15)24/h4-5,11,15,18,24H,3,6-10,12-13H2,1-2H3/t15-,18-/m1/s1. The Morgan fingerprint density at radius 3 is 2.52 bits per heavy atom. The Morgan fingerprint density at radius 2 is 1.96 bits per heavy atom. The lowest BCUT2D eigenvalue weighted by atomic mass is 10.0. The van der Waals surface area contributed by atoms with Gasteiger partial charge in [0, 0.05) is 62.3 Å². The van der Waals surface area contributed by atoms with Crippen LogP contribution in [-0.4, -0.2) is 73.2 Å². The number of hydrogen-bond acceptors (Lipinski definition) is 4. The van der Waals surface area contributed by atoms with Gasteiger partial charge in [-0.2, -0.15) is 0 Å². The van der Waals surface area contributed by atoms with Gasteiger partial charge in [0.05, 0.1) is 6.10 Å². The molecule has 0 bridgehead atoms. The fourth-order valence-electron chi connectivity index (χ4n) is 3.85. The number of benzene rings is 1. The second-order valence-corrected chi connectivity index (χ2v) is 7.66. The van der Waals surface area contributed by atoms with Gasteiger partial charge in [0.15, 0.2) is 0 Å². The molecule has 2 fully saturated rings. The summed E-state index contributed by atoms with van der Waals surface area (Å²) in [6, 6.07) is 6.24. The van der Waals surface area contributed by atoms with Crippen LogP contribution in [0, 0.1) is 5.92 Å². The molecule has 1 aromatic carbocycles. The minimum Gasteiger partial charge on any atom is -0.391 e. The molecule has 0 aliphatic carbocycles. The molecule has 1 aromatic rings. The minimum atomic E-state index is -0.380. The van der Waals surface area contributed by atoms with Gasteiger partial charge < -0.3 is 19.8 Å². The summed E-state index contributed by atoms with van der Waals surface area (Å²) in [6.45, 7) is 6.66. The first-order valence-corrected chi connectivity index (χ1v) is 9.53. The summed E-state index contributed by atoms with van der Waals surface area (Å²) >= 11 is 6.33. The number of amides is 1. The van der Waals surface area contributed by atoms with Crippen LogP contribution >= 0.6 is 11.6 Å². The second-order valence-electron chi connectivity index (χ2n) is 7.25. The van der Waals surface area contributed by atoms with E-state index in [1.165, 1.54) is 5.56 Å². The van der Waals surface area contributed by atoms with E-state index >= 15 is 0 Å². The lowest BCUT2D eigenvalue weighted by Gasteiger charge is -2.36. The van der Waals surface area contributed by atoms with Gasteiger partial charge in [0.25, 0.3) is 0 Å². The fraction of sp³-hybridized carbons (Fsp3) is 0.632. The Kier molecular flexibility index (Phi) is 5.87. The van der Waals surface area contributed by atoms with Gasteiger partial charge in [-0.25, -0.2) is 0 Å². The number of hydrogen-bond donors (Lipinski definition) is 1. The third-order valence-corrected chi connectivity index (χ3v) is 5.79. The molecule has 25 heavy (non-hydrogen) atoms. The molecular weight excluding hydrogens is 338 g/mol. The molecular formula is C19H28ClN3O2. The molecule has 0 spiro atoms. The van der Waals surface area contributed by atoms with Gasteiger partial charge >= 0.3 is 0 Å². The zero-order chi connectivity index (χ0) is 18.0. The number of rotatable bonds is 4. The molecule has 138 valence electrons. The molecule has 3 rings (SSSR count).